The number of halogens is 3. The lowest BCUT2D eigenvalue weighted by Gasteiger charge is -2.16. The van der Waals surface area contributed by atoms with E-state index in [1.807, 2.05) is 38.2 Å². The van der Waals surface area contributed by atoms with Crippen molar-refractivity contribution in [2.45, 2.75) is 19.1 Å². The van der Waals surface area contributed by atoms with E-state index in [-0.39, 0.29) is 6.04 Å². The molecule has 1 unspecified atom stereocenters. The SMILES string of the molecule is CNC(C)c1ccccc1-c1ccc(C(F)(F)F)cc1. The van der Waals surface area contributed by atoms with Crippen molar-refractivity contribution in [2.24, 2.45) is 0 Å². The van der Waals surface area contributed by atoms with Crippen molar-refractivity contribution in [3.05, 3.63) is 59.7 Å². The highest BCUT2D eigenvalue weighted by atomic mass is 19.4. The van der Waals surface area contributed by atoms with Gasteiger partial charge in [-0.3, -0.25) is 0 Å². The summed E-state index contributed by atoms with van der Waals surface area (Å²) in [5.41, 5.74) is 2.17. The summed E-state index contributed by atoms with van der Waals surface area (Å²) in [7, 11) is 1.86. The largest absolute Gasteiger partial charge is 0.416 e. The number of benzene rings is 2. The number of rotatable bonds is 3. The molecule has 0 heterocycles. The van der Waals surface area contributed by atoms with Crippen LogP contribution >= 0.6 is 0 Å². The van der Waals surface area contributed by atoms with Gasteiger partial charge in [0, 0.05) is 6.04 Å². The van der Waals surface area contributed by atoms with Crippen LogP contribution in [0.3, 0.4) is 0 Å². The predicted octanol–water partition coefficient (Wildman–Crippen LogP) is 4.65. The third-order valence-corrected chi connectivity index (χ3v) is 3.38. The Labute approximate surface area is 116 Å². The molecule has 4 heteroatoms. The Bertz CT molecular complexity index is 573. The van der Waals surface area contributed by atoms with Gasteiger partial charge < -0.3 is 5.32 Å². The normalized spacial score (nSPS) is 13.2. The molecular formula is C16H16F3N. The zero-order chi connectivity index (χ0) is 14.8. The number of alkyl halides is 3. The minimum absolute atomic E-state index is 0.133. The van der Waals surface area contributed by atoms with Gasteiger partial charge in [0.25, 0.3) is 0 Å². The van der Waals surface area contributed by atoms with E-state index in [4.69, 9.17) is 0 Å². The summed E-state index contributed by atoms with van der Waals surface area (Å²) >= 11 is 0. The van der Waals surface area contributed by atoms with Crippen molar-refractivity contribution in [1.82, 2.24) is 5.32 Å². The first kappa shape index (κ1) is 14.6. The van der Waals surface area contributed by atoms with Crippen LogP contribution in [0.25, 0.3) is 11.1 Å². The fourth-order valence-corrected chi connectivity index (χ4v) is 2.13. The van der Waals surface area contributed by atoms with Crippen molar-refractivity contribution in [1.29, 1.82) is 0 Å². The molecule has 0 radical (unpaired) electrons. The molecule has 0 aliphatic carbocycles. The first-order valence-electron chi connectivity index (χ1n) is 6.37. The van der Waals surface area contributed by atoms with Crippen LogP contribution in [0.15, 0.2) is 48.5 Å². The molecule has 106 valence electrons. The van der Waals surface area contributed by atoms with Crippen LogP contribution in [0.5, 0.6) is 0 Å². The highest BCUT2D eigenvalue weighted by molar-refractivity contribution is 5.68. The van der Waals surface area contributed by atoms with Crippen molar-refractivity contribution in [3.63, 3.8) is 0 Å². The van der Waals surface area contributed by atoms with Gasteiger partial charge in [-0.2, -0.15) is 13.2 Å². The molecule has 20 heavy (non-hydrogen) atoms. The van der Waals surface area contributed by atoms with Gasteiger partial charge in [-0.05, 0) is 42.8 Å². The fraction of sp³-hybridized carbons (Fsp3) is 0.250. The van der Waals surface area contributed by atoms with E-state index in [1.54, 1.807) is 0 Å². The Morgan fingerprint density at radius 2 is 1.55 bits per heavy atom. The maximum absolute atomic E-state index is 12.6. The second-order valence-electron chi connectivity index (χ2n) is 4.67. The lowest BCUT2D eigenvalue weighted by Crippen LogP contribution is -2.13. The molecule has 1 atom stereocenters. The average molecular weight is 279 g/mol. The summed E-state index contributed by atoms with van der Waals surface area (Å²) in [5, 5.41) is 3.15. The zero-order valence-corrected chi connectivity index (χ0v) is 11.3. The molecule has 1 N–H and O–H groups in total. The molecular weight excluding hydrogens is 263 g/mol. The maximum atomic E-state index is 12.6. The summed E-state index contributed by atoms with van der Waals surface area (Å²) in [6.45, 7) is 2.02. The number of hydrogen-bond donors (Lipinski definition) is 1. The quantitative estimate of drug-likeness (QED) is 0.862. The molecule has 1 nitrogen and oxygen atoms in total. The molecule has 2 aromatic rings. The molecule has 0 aromatic heterocycles. The van der Waals surface area contributed by atoms with Crippen LogP contribution in [0.4, 0.5) is 13.2 Å². The van der Waals surface area contributed by atoms with Crippen molar-refractivity contribution >= 4 is 0 Å². The highest BCUT2D eigenvalue weighted by Crippen LogP contribution is 2.33. The molecule has 2 aromatic carbocycles. The summed E-state index contributed by atoms with van der Waals surface area (Å²) in [4.78, 5) is 0. The van der Waals surface area contributed by atoms with Crippen LogP contribution in [0.2, 0.25) is 0 Å². The molecule has 0 aliphatic rings. The molecule has 0 saturated carbocycles. The van der Waals surface area contributed by atoms with Gasteiger partial charge >= 0.3 is 6.18 Å². The maximum Gasteiger partial charge on any atom is 0.416 e. The summed E-state index contributed by atoms with van der Waals surface area (Å²) in [6, 6.07) is 13.1. The second kappa shape index (κ2) is 5.67. The van der Waals surface area contributed by atoms with Gasteiger partial charge in [-0.25, -0.2) is 0 Å². The molecule has 0 bridgehead atoms. The Hall–Kier alpha value is -1.81. The van der Waals surface area contributed by atoms with Crippen molar-refractivity contribution < 1.29 is 13.2 Å². The highest BCUT2D eigenvalue weighted by Gasteiger charge is 2.30. The lowest BCUT2D eigenvalue weighted by atomic mass is 9.95. The standard InChI is InChI=1S/C16H16F3N/c1-11(20-2)14-5-3-4-6-15(14)12-7-9-13(10-8-12)16(17,18)19/h3-11,20H,1-2H3. The van der Waals surface area contributed by atoms with Crippen LogP contribution in [0, 0.1) is 0 Å². The number of nitrogens with one attached hydrogen (secondary N) is 1. The Kier molecular flexibility index (Phi) is 4.14. The average Bonchev–Trinajstić information content (AvgIpc) is 2.45. The topological polar surface area (TPSA) is 12.0 Å². The minimum atomic E-state index is -4.30. The van der Waals surface area contributed by atoms with Gasteiger partial charge in [-0.15, -0.1) is 0 Å². The Morgan fingerprint density at radius 3 is 2.10 bits per heavy atom. The van der Waals surface area contributed by atoms with Crippen LogP contribution in [-0.4, -0.2) is 7.05 Å². The van der Waals surface area contributed by atoms with E-state index >= 15 is 0 Å². The van der Waals surface area contributed by atoms with Gasteiger partial charge in [-0.1, -0.05) is 36.4 Å². The predicted molar refractivity (Wildman–Crippen MR) is 74.4 cm³/mol. The van der Waals surface area contributed by atoms with Gasteiger partial charge in [0.2, 0.25) is 0 Å². The van der Waals surface area contributed by atoms with Gasteiger partial charge in [0.1, 0.15) is 0 Å². The van der Waals surface area contributed by atoms with E-state index in [0.29, 0.717) is 0 Å². The lowest BCUT2D eigenvalue weighted by molar-refractivity contribution is -0.137. The van der Waals surface area contributed by atoms with Crippen molar-refractivity contribution in [3.8, 4) is 11.1 Å². The van der Waals surface area contributed by atoms with E-state index in [0.717, 1.165) is 28.8 Å². The second-order valence-corrected chi connectivity index (χ2v) is 4.67. The van der Waals surface area contributed by atoms with Crippen LogP contribution in [0.1, 0.15) is 24.1 Å². The molecule has 0 aliphatic heterocycles. The van der Waals surface area contributed by atoms with Crippen molar-refractivity contribution in [2.75, 3.05) is 7.05 Å². The van der Waals surface area contributed by atoms with E-state index in [9.17, 15) is 13.2 Å². The molecule has 0 fully saturated rings. The van der Waals surface area contributed by atoms with E-state index in [2.05, 4.69) is 5.32 Å². The third-order valence-electron chi connectivity index (χ3n) is 3.38. The monoisotopic (exact) mass is 279 g/mol. The van der Waals surface area contributed by atoms with Gasteiger partial charge in [0.05, 0.1) is 5.56 Å². The zero-order valence-electron chi connectivity index (χ0n) is 11.3. The molecule has 0 amide bonds. The van der Waals surface area contributed by atoms with E-state index in [1.165, 1.54) is 12.1 Å². The van der Waals surface area contributed by atoms with Gasteiger partial charge in [0.15, 0.2) is 0 Å². The molecule has 0 saturated heterocycles. The van der Waals surface area contributed by atoms with E-state index < -0.39 is 11.7 Å². The Morgan fingerprint density at radius 1 is 0.950 bits per heavy atom. The third kappa shape index (κ3) is 3.02. The fourth-order valence-electron chi connectivity index (χ4n) is 2.13. The minimum Gasteiger partial charge on any atom is -0.313 e. The molecule has 2 rings (SSSR count). The summed E-state index contributed by atoms with van der Waals surface area (Å²) < 4.78 is 37.7. The first-order valence-corrected chi connectivity index (χ1v) is 6.37. The van der Waals surface area contributed by atoms with Crippen LogP contribution < -0.4 is 5.32 Å². The smallest absolute Gasteiger partial charge is 0.313 e. The number of hydrogen-bond acceptors (Lipinski definition) is 1. The summed E-state index contributed by atoms with van der Waals surface area (Å²) in [6.07, 6.45) is -4.30. The first-order chi connectivity index (χ1) is 9.43. The Balaban J connectivity index is 2.42. The molecule has 0 spiro atoms. The van der Waals surface area contributed by atoms with Crippen LogP contribution in [-0.2, 0) is 6.18 Å². The summed E-state index contributed by atoms with van der Waals surface area (Å²) in [5.74, 6) is 0.